The van der Waals surface area contributed by atoms with Gasteiger partial charge in [-0.15, -0.1) is 22.7 Å². The van der Waals surface area contributed by atoms with Crippen LogP contribution in [0.15, 0.2) is 69.6 Å². The Morgan fingerprint density at radius 3 is 1.68 bits per heavy atom. The molecular weight excluding hydrogens is 685 g/mol. The third-order valence-electron chi connectivity index (χ3n) is 5.29. The molecule has 0 aliphatic rings. The fourth-order valence-electron chi connectivity index (χ4n) is 3.51. The highest BCUT2D eigenvalue weighted by Gasteiger charge is 2.19. The number of halogens is 4. The number of anilines is 1. The normalized spacial score (nSPS) is 11.0. The number of nitrogens with one attached hydrogen (secondary N) is 3. The van der Waals surface area contributed by atoms with E-state index in [-0.39, 0.29) is 11.5 Å². The molecule has 3 amide bonds. The number of carbonyl (C=O) groups is 3. The maximum absolute atomic E-state index is 12.8. The van der Waals surface area contributed by atoms with E-state index in [0.717, 1.165) is 29.1 Å². The van der Waals surface area contributed by atoms with Crippen LogP contribution in [0.3, 0.4) is 0 Å². The summed E-state index contributed by atoms with van der Waals surface area (Å²) in [5.74, 6) is -1.39. The fourth-order valence-corrected chi connectivity index (χ4v) is 7.43. The Kier molecular flexibility index (Phi) is 7.58. The first kappa shape index (κ1) is 26.1. The largest absolute Gasteiger partial charge is 0.321 e. The molecule has 3 N–H and O–H groups in total. The zero-order valence-corrected chi connectivity index (χ0v) is 24.6. The molecule has 0 saturated carbocycles. The summed E-state index contributed by atoms with van der Waals surface area (Å²) < 4.78 is 3.51. The highest BCUT2D eigenvalue weighted by molar-refractivity contribution is 9.10. The van der Waals surface area contributed by atoms with E-state index in [9.17, 15) is 14.4 Å². The van der Waals surface area contributed by atoms with Crippen LogP contribution in [0.25, 0.3) is 20.2 Å². The summed E-state index contributed by atoms with van der Waals surface area (Å²) in [5, 5.41) is 5.07. The summed E-state index contributed by atoms with van der Waals surface area (Å²) in [6.45, 7) is 0. The molecule has 5 rings (SSSR count). The monoisotopic (exact) mass is 695 g/mol. The van der Waals surface area contributed by atoms with Crippen LogP contribution in [0.1, 0.15) is 29.7 Å². The van der Waals surface area contributed by atoms with Crippen LogP contribution in [0.5, 0.6) is 0 Å². The lowest BCUT2D eigenvalue weighted by atomic mass is 10.2. The summed E-state index contributed by atoms with van der Waals surface area (Å²) in [6.07, 6.45) is 0. The molecule has 2 heterocycles. The first-order valence-electron chi connectivity index (χ1n) is 10.5. The molecule has 0 aliphatic carbocycles. The Balaban J connectivity index is 1.22. The quantitative estimate of drug-likeness (QED) is 0.165. The molecule has 6 nitrogen and oxygen atoms in total. The van der Waals surface area contributed by atoms with Gasteiger partial charge in [0.15, 0.2) is 0 Å². The summed E-state index contributed by atoms with van der Waals surface area (Å²) >= 11 is 22.1. The molecule has 0 aliphatic heterocycles. The number of hydrogen-bond acceptors (Lipinski definition) is 5. The summed E-state index contributed by atoms with van der Waals surface area (Å²) in [6, 6.07) is 17.4. The van der Waals surface area contributed by atoms with Crippen molar-refractivity contribution in [1.82, 2.24) is 10.9 Å². The molecule has 12 heteroatoms. The standard InChI is InChI=1S/C25H13Br2Cl2N3O3S2/c26-12-3-7-15-17(9-12)36-21(19(15)28)24(34)30-14-5-1-11(2-6-14)23(33)31-32-25(35)22-20(29)16-8-4-13(27)10-18(16)37-22/h1-10H,(H,30,34)(H,31,33)(H,32,35). The molecule has 186 valence electrons. The second-order valence-corrected chi connectivity index (χ2v) is 12.4. The molecule has 5 aromatic rings. The Hall–Kier alpha value is -2.47. The van der Waals surface area contributed by atoms with Gasteiger partial charge in [-0.05, 0) is 48.5 Å². The summed E-state index contributed by atoms with van der Waals surface area (Å²) in [4.78, 5) is 38.6. The van der Waals surface area contributed by atoms with Gasteiger partial charge in [-0.3, -0.25) is 25.2 Å². The van der Waals surface area contributed by atoms with Gasteiger partial charge in [0.05, 0.1) is 10.0 Å². The molecule has 0 radical (unpaired) electrons. The number of amides is 3. The van der Waals surface area contributed by atoms with Gasteiger partial charge in [0.25, 0.3) is 17.7 Å². The Morgan fingerprint density at radius 1 is 0.649 bits per heavy atom. The first-order chi connectivity index (χ1) is 17.7. The molecule has 3 aromatic carbocycles. The van der Waals surface area contributed by atoms with Crippen LogP contribution in [0, 0.1) is 0 Å². The topological polar surface area (TPSA) is 87.3 Å². The third kappa shape index (κ3) is 5.41. The molecular formula is C25H13Br2Cl2N3O3S2. The van der Waals surface area contributed by atoms with E-state index < -0.39 is 11.8 Å². The number of hydrazine groups is 1. The smallest absolute Gasteiger partial charge is 0.281 e. The second-order valence-electron chi connectivity index (χ2n) is 7.71. The van der Waals surface area contributed by atoms with Gasteiger partial charge in [-0.25, -0.2) is 0 Å². The van der Waals surface area contributed by atoms with E-state index in [1.54, 1.807) is 12.1 Å². The van der Waals surface area contributed by atoms with Crippen molar-refractivity contribution in [3.05, 3.63) is 95.0 Å². The van der Waals surface area contributed by atoms with Crippen LogP contribution in [-0.4, -0.2) is 17.7 Å². The van der Waals surface area contributed by atoms with Crippen molar-refractivity contribution in [3.8, 4) is 0 Å². The fraction of sp³-hybridized carbons (Fsp3) is 0. The Labute approximate surface area is 245 Å². The average molecular weight is 698 g/mol. The number of hydrogen-bond donors (Lipinski definition) is 3. The van der Waals surface area contributed by atoms with E-state index in [2.05, 4.69) is 48.0 Å². The number of benzene rings is 3. The second kappa shape index (κ2) is 10.7. The molecule has 0 unspecified atom stereocenters. The zero-order valence-electron chi connectivity index (χ0n) is 18.3. The number of thiophene rings is 2. The highest BCUT2D eigenvalue weighted by atomic mass is 79.9. The number of fused-ring (bicyclic) bond motifs is 2. The molecule has 2 aromatic heterocycles. The minimum absolute atomic E-state index is 0.286. The lowest BCUT2D eigenvalue weighted by Crippen LogP contribution is -2.41. The van der Waals surface area contributed by atoms with Gasteiger partial charge < -0.3 is 5.32 Å². The van der Waals surface area contributed by atoms with E-state index >= 15 is 0 Å². The average Bonchev–Trinajstić information content (AvgIpc) is 3.38. The van der Waals surface area contributed by atoms with Crippen LogP contribution < -0.4 is 16.2 Å². The summed E-state index contributed by atoms with van der Waals surface area (Å²) in [5.41, 5.74) is 5.56. The van der Waals surface area contributed by atoms with Crippen LogP contribution in [-0.2, 0) is 0 Å². The maximum Gasteiger partial charge on any atom is 0.281 e. The van der Waals surface area contributed by atoms with Crippen LogP contribution in [0.2, 0.25) is 10.0 Å². The zero-order chi connectivity index (χ0) is 26.3. The minimum Gasteiger partial charge on any atom is -0.321 e. The SMILES string of the molecule is O=C(NNC(=O)c1sc2cc(Br)ccc2c1Cl)c1ccc(NC(=O)c2sc3cc(Br)ccc3c2Cl)cc1. The van der Waals surface area contributed by atoms with Gasteiger partial charge in [0, 0.05) is 40.4 Å². The van der Waals surface area contributed by atoms with Gasteiger partial charge in [-0.1, -0.05) is 67.2 Å². The first-order valence-corrected chi connectivity index (χ1v) is 14.5. The molecule has 0 saturated heterocycles. The van der Waals surface area contributed by atoms with Crippen molar-refractivity contribution in [2.45, 2.75) is 0 Å². The maximum atomic E-state index is 12.8. The van der Waals surface area contributed by atoms with Gasteiger partial charge >= 0.3 is 0 Å². The summed E-state index contributed by atoms with van der Waals surface area (Å²) in [7, 11) is 0. The van der Waals surface area contributed by atoms with Crippen molar-refractivity contribution in [3.63, 3.8) is 0 Å². The van der Waals surface area contributed by atoms with Gasteiger partial charge in [0.2, 0.25) is 0 Å². The predicted molar refractivity (Wildman–Crippen MR) is 158 cm³/mol. The lowest BCUT2D eigenvalue weighted by molar-refractivity contribution is 0.0849. The molecule has 0 fully saturated rings. The third-order valence-corrected chi connectivity index (χ3v) is 9.59. The van der Waals surface area contributed by atoms with Crippen molar-refractivity contribution in [2.75, 3.05) is 5.32 Å². The van der Waals surface area contributed by atoms with E-state index in [1.165, 1.54) is 34.8 Å². The van der Waals surface area contributed by atoms with Gasteiger partial charge in [0.1, 0.15) is 9.75 Å². The van der Waals surface area contributed by atoms with Crippen molar-refractivity contribution >= 4 is 121 Å². The molecule has 0 spiro atoms. The van der Waals surface area contributed by atoms with Crippen molar-refractivity contribution in [2.24, 2.45) is 0 Å². The highest BCUT2D eigenvalue weighted by Crippen LogP contribution is 2.38. The van der Waals surface area contributed by atoms with Gasteiger partial charge in [-0.2, -0.15) is 0 Å². The van der Waals surface area contributed by atoms with Crippen LogP contribution in [0.4, 0.5) is 5.69 Å². The van der Waals surface area contributed by atoms with E-state index in [1.807, 2.05) is 36.4 Å². The number of carbonyl (C=O) groups excluding carboxylic acids is 3. The van der Waals surface area contributed by atoms with Crippen molar-refractivity contribution < 1.29 is 14.4 Å². The Bertz CT molecular complexity index is 1720. The van der Waals surface area contributed by atoms with E-state index in [4.69, 9.17) is 23.2 Å². The molecule has 0 bridgehead atoms. The Morgan fingerprint density at radius 2 is 1.14 bits per heavy atom. The molecule has 0 atom stereocenters. The number of rotatable bonds is 4. The van der Waals surface area contributed by atoms with Crippen molar-refractivity contribution in [1.29, 1.82) is 0 Å². The van der Waals surface area contributed by atoms with Crippen LogP contribution >= 0.6 is 77.7 Å². The minimum atomic E-state index is -0.524. The predicted octanol–water partition coefficient (Wildman–Crippen LogP) is 8.27. The molecule has 37 heavy (non-hydrogen) atoms. The lowest BCUT2D eigenvalue weighted by Gasteiger charge is -2.08. The van der Waals surface area contributed by atoms with E-state index in [0.29, 0.717) is 25.5 Å².